The van der Waals surface area contributed by atoms with Gasteiger partial charge in [-0.15, -0.1) is 0 Å². The van der Waals surface area contributed by atoms with Crippen LogP contribution in [-0.2, 0) is 4.79 Å². The number of rotatable bonds is 2. The molecule has 1 aliphatic rings. The number of hydrogen-bond donors (Lipinski definition) is 1. The zero-order valence-corrected chi connectivity index (χ0v) is 5.92. The minimum atomic E-state index is -0.726. The highest BCUT2D eigenvalue weighted by atomic mass is 16.4. The third kappa shape index (κ3) is 2.35. The van der Waals surface area contributed by atoms with Crippen molar-refractivity contribution in [1.29, 1.82) is 0 Å². The largest absolute Gasteiger partial charge is 0.481 e. The number of aliphatic carboxylic acids is 1. The summed E-state index contributed by atoms with van der Waals surface area (Å²) in [4.78, 5) is 10.2. The van der Waals surface area contributed by atoms with E-state index >= 15 is 0 Å². The zero-order valence-electron chi connectivity index (χ0n) is 5.92. The van der Waals surface area contributed by atoms with E-state index in [-0.39, 0.29) is 12.5 Å². The zero-order chi connectivity index (χ0) is 7.40. The summed E-state index contributed by atoms with van der Waals surface area (Å²) in [7, 11) is 0. The van der Waals surface area contributed by atoms with Gasteiger partial charge >= 0.3 is 5.97 Å². The van der Waals surface area contributed by atoms with Crippen LogP contribution in [0.4, 0.5) is 0 Å². The van der Waals surface area contributed by atoms with Crippen molar-refractivity contribution >= 4 is 5.97 Å². The lowest BCUT2D eigenvalue weighted by molar-refractivity contribution is -0.137. The molecular weight excluding hydrogens is 130 g/mol. The fourth-order valence-corrected chi connectivity index (χ4v) is 1.23. The van der Waals surface area contributed by atoms with Gasteiger partial charge in [-0.05, 0) is 12.8 Å². The van der Waals surface area contributed by atoms with Crippen molar-refractivity contribution in [2.24, 2.45) is 0 Å². The first-order valence-corrected chi connectivity index (χ1v) is 3.67. The van der Waals surface area contributed by atoms with E-state index in [0.717, 1.165) is 25.8 Å². The fraction of sp³-hybridized carbons (Fsp3) is 0.857. The normalized spacial score (nSPS) is 26.2. The number of carbonyl (C=O) groups is 1. The fourth-order valence-electron chi connectivity index (χ4n) is 1.23. The predicted octanol–water partition coefficient (Wildman–Crippen LogP) is 0.618. The second-order valence-electron chi connectivity index (χ2n) is 2.65. The average molecular weight is 142 g/mol. The molecule has 1 heterocycles. The minimum Gasteiger partial charge on any atom is -0.481 e. The summed E-state index contributed by atoms with van der Waals surface area (Å²) in [6, 6.07) is 0.103. The maximum atomic E-state index is 10.2. The summed E-state index contributed by atoms with van der Waals surface area (Å²) in [6.07, 6.45) is 3.46. The molecule has 1 fully saturated rings. The molecule has 1 aliphatic heterocycles. The number of nitrogens with zero attached hydrogens (tertiary/aromatic N) is 1. The highest BCUT2D eigenvalue weighted by molar-refractivity contribution is 5.67. The highest BCUT2D eigenvalue weighted by Gasteiger charge is 2.16. The molecule has 0 amide bonds. The minimum absolute atomic E-state index is 0.103. The summed E-state index contributed by atoms with van der Waals surface area (Å²) < 4.78 is 0. The van der Waals surface area contributed by atoms with Gasteiger partial charge in [0.1, 0.15) is 0 Å². The lowest BCUT2D eigenvalue weighted by atomic mass is 10.0. The number of carboxylic acids is 1. The Morgan fingerprint density at radius 1 is 1.60 bits per heavy atom. The van der Waals surface area contributed by atoms with E-state index in [0.29, 0.717) is 0 Å². The van der Waals surface area contributed by atoms with Gasteiger partial charge in [0.05, 0.1) is 6.42 Å². The Morgan fingerprint density at radius 2 is 2.40 bits per heavy atom. The van der Waals surface area contributed by atoms with E-state index in [1.54, 1.807) is 0 Å². The number of carboxylic acid groups (broad SMARTS) is 1. The van der Waals surface area contributed by atoms with E-state index in [4.69, 9.17) is 5.11 Å². The quantitative estimate of drug-likeness (QED) is 0.614. The molecule has 0 aromatic rings. The van der Waals surface area contributed by atoms with Gasteiger partial charge in [0.2, 0.25) is 0 Å². The third-order valence-electron chi connectivity index (χ3n) is 1.74. The van der Waals surface area contributed by atoms with Crippen molar-refractivity contribution < 1.29 is 9.90 Å². The Kier molecular flexibility index (Phi) is 2.68. The molecule has 0 aromatic carbocycles. The Hall–Kier alpha value is -0.570. The number of piperidine rings is 1. The molecule has 0 aromatic heterocycles. The van der Waals surface area contributed by atoms with Gasteiger partial charge in [-0.1, -0.05) is 6.42 Å². The van der Waals surface area contributed by atoms with E-state index in [2.05, 4.69) is 5.32 Å². The van der Waals surface area contributed by atoms with Crippen molar-refractivity contribution in [3.05, 3.63) is 0 Å². The van der Waals surface area contributed by atoms with Gasteiger partial charge in [0, 0.05) is 12.6 Å². The van der Waals surface area contributed by atoms with Crippen LogP contribution in [0, 0.1) is 0 Å². The number of hydrogen-bond acceptors (Lipinski definition) is 1. The van der Waals surface area contributed by atoms with Crippen molar-refractivity contribution in [3.63, 3.8) is 0 Å². The van der Waals surface area contributed by atoms with Gasteiger partial charge in [-0.2, -0.15) is 0 Å². The van der Waals surface area contributed by atoms with Gasteiger partial charge in [0.15, 0.2) is 0 Å². The van der Waals surface area contributed by atoms with Gasteiger partial charge in [0.25, 0.3) is 0 Å². The van der Waals surface area contributed by atoms with E-state index in [1.165, 1.54) is 0 Å². The van der Waals surface area contributed by atoms with Crippen molar-refractivity contribution in [2.75, 3.05) is 6.54 Å². The molecule has 0 spiro atoms. The van der Waals surface area contributed by atoms with Crippen LogP contribution < -0.4 is 5.32 Å². The van der Waals surface area contributed by atoms with Crippen molar-refractivity contribution in [2.45, 2.75) is 31.7 Å². The molecular formula is C7H12NO2. The smallest absolute Gasteiger partial charge is 0.304 e. The first kappa shape index (κ1) is 7.54. The second-order valence-corrected chi connectivity index (χ2v) is 2.65. The summed E-state index contributed by atoms with van der Waals surface area (Å²) in [5, 5.41) is 12.6. The molecule has 1 radical (unpaired) electrons. The van der Waals surface area contributed by atoms with Crippen LogP contribution in [0.1, 0.15) is 25.7 Å². The van der Waals surface area contributed by atoms with Crippen LogP contribution in [0.5, 0.6) is 0 Å². The topological polar surface area (TPSA) is 51.4 Å². The maximum absolute atomic E-state index is 10.2. The lowest BCUT2D eigenvalue weighted by Crippen LogP contribution is -2.29. The molecule has 1 saturated heterocycles. The van der Waals surface area contributed by atoms with Crippen LogP contribution in [0.25, 0.3) is 0 Å². The molecule has 1 rings (SSSR count). The highest BCUT2D eigenvalue weighted by Crippen LogP contribution is 2.10. The molecule has 10 heavy (non-hydrogen) atoms. The Labute approximate surface area is 60.4 Å². The van der Waals surface area contributed by atoms with Crippen LogP contribution in [0.2, 0.25) is 0 Å². The second kappa shape index (κ2) is 3.56. The first-order chi connectivity index (χ1) is 4.79. The van der Waals surface area contributed by atoms with E-state index < -0.39 is 5.97 Å². The summed E-state index contributed by atoms with van der Waals surface area (Å²) in [6.45, 7) is 0.859. The Morgan fingerprint density at radius 3 is 2.90 bits per heavy atom. The molecule has 1 N–H and O–H groups in total. The van der Waals surface area contributed by atoms with Crippen LogP contribution in [0.3, 0.4) is 0 Å². The summed E-state index contributed by atoms with van der Waals surface area (Å²) >= 11 is 0. The van der Waals surface area contributed by atoms with Crippen molar-refractivity contribution in [3.8, 4) is 0 Å². The predicted molar refractivity (Wildman–Crippen MR) is 36.9 cm³/mol. The summed E-state index contributed by atoms with van der Waals surface area (Å²) in [5.41, 5.74) is 0. The van der Waals surface area contributed by atoms with Gasteiger partial charge in [-0.3, -0.25) is 4.79 Å². The third-order valence-corrected chi connectivity index (χ3v) is 1.74. The van der Waals surface area contributed by atoms with Gasteiger partial charge < -0.3 is 5.11 Å². The standard InChI is InChI=1S/C7H12NO2/c9-7(10)5-6-3-1-2-4-8-6/h6H,1-5H2,(H,9,10)/t6-/m0/s1. The summed E-state index contributed by atoms with van der Waals surface area (Å²) in [5.74, 6) is -0.726. The molecule has 3 nitrogen and oxygen atoms in total. The first-order valence-electron chi connectivity index (χ1n) is 3.67. The Balaban J connectivity index is 2.19. The van der Waals surface area contributed by atoms with E-state index in [9.17, 15) is 4.79 Å². The molecule has 0 saturated carbocycles. The van der Waals surface area contributed by atoms with Gasteiger partial charge in [-0.25, -0.2) is 5.32 Å². The van der Waals surface area contributed by atoms with Crippen molar-refractivity contribution in [1.82, 2.24) is 5.32 Å². The molecule has 3 heteroatoms. The molecule has 0 aliphatic carbocycles. The maximum Gasteiger partial charge on any atom is 0.304 e. The molecule has 1 atom stereocenters. The van der Waals surface area contributed by atoms with Crippen LogP contribution in [-0.4, -0.2) is 23.7 Å². The SMILES string of the molecule is O=C(O)C[C@@H]1CCCC[N]1. The average Bonchev–Trinajstić information content (AvgIpc) is 1.88. The van der Waals surface area contributed by atoms with Crippen LogP contribution >= 0.6 is 0 Å². The Bertz CT molecular complexity index is 119. The molecule has 0 unspecified atom stereocenters. The molecule has 57 valence electrons. The monoisotopic (exact) mass is 142 g/mol. The van der Waals surface area contributed by atoms with E-state index in [1.807, 2.05) is 0 Å². The lowest BCUT2D eigenvalue weighted by Gasteiger charge is -2.19. The molecule has 0 bridgehead atoms. The van der Waals surface area contributed by atoms with Crippen LogP contribution in [0.15, 0.2) is 0 Å².